The second-order valence-corrected chi connectivity index (χ2v) is 7.92. The Hall–Kier alpha value is -1.37. The number of hydrogen-bond acceptors (Lipinski definition) is 2. The first-order chi connectivity index (χ1) is 12.2. The van der Waals surface area contributed by atoms with Crippen LogP contribution >= 0.6 is 35.0 Å². The van der Waals surface area contributed by atoms with E-state index in [9.17, 15) is 18.0 Å². The lowest BCUT2D eigenvalue weighted by Crippen LogP contribution is -2.45. The van der Waals surface area contributed by atoms with Crippen molar-refractivity contribution < 1.29 is 18.0 Å². The molecule has 1 amide bonds. The Labute approximate surface area is 163 Å². The SMILES string of the molecule is O=C(NC1CCC1c1ccc(Cl)cc1Cl)c1ccccc1SC(F)(F)F. The summed E-state index contributed by atoms with van der Waals surface area (Å²) >= 11 is 11.8. The molecule has 2 nitrogen and oxygen atoms in total. The van der Waals surface area contributed by atoms with Crippen molar-refractivity contribution in [1.29, 1.82) is 0 Å². The molecular formula is C18H14Cl2F3NOS. The van der Waals surface area contributed by atoms with Crippen molar-refractivity contribution in [1.82, 2.24) is 5.32 Å². The Morgan fingerprint density at radius 3 is 2.46 bits per heavy atom. The van der Waals surface area contributed by atoms with Crippen LogP contribution in [0.15, 0.2) is 47.4 Å². The fraction of sp³-hybridized carbons (Fsp3) is 0.278. The number of rotatable bonds is 4. The predicted molar refractivity (Wildman–Crippen MR) is 98.0 cm³/mol. The van der Waals surface area contributed by atoms with Crippen LogP contribution < -0.4 is 5.32 Å². The molecule has 0 aromatic heterocycles. The lowest BCUT2D eigenvalue weighted by atomic mass is 9.75. The molecule has 2 unspecified atom stereocenters. The monoisotopic (exact) mass is 419 g/mol. The zero-order chi connectivity index (χ0) is 18.9. The highest BCUT2D eigenvalue weighted by atomic mass is 35.5. The molecule has 1 fully saturated rings. The van der Waals surface area contributed by atoms with E-state index in [2.05, 4.69) is 5.32 Å². The smallest absolute Gasteiger partial charge is 0.349 e. The van der Waals surface area contributed by atoms with Gasteiger partial charge < -0.3 is 5.32 Å². The van der Waals surface area contributed by atoms with Crippen molar-refractivity contribution >= 4 is 40.9 Å². The van der Waals surface area contributed by atoms with Crippen molar-refractivity contribution in [2.45, 2.75) is 35.2 Å². The summed E-state index contributed by atoms with van der Waals surface area (Å²) in [6.07, 6.45) is 1.58. The van der Waals surface area contributed by atoms with Gasteiger partial charge >= 0.3 is 5.51 Å². The summed E-state index contributed by atoms with van der Waals surface area (Å²) in [6.45, 7) is 0. The maximum Gasteiger partial charge on any atom is 0.446 e. The Morgan fingerprint density at radius 2 is 1.85 bits per heavy atom. The van der Waals surface area contributed by atoms with Gasteiger partial charge in [-0.15, -0.1) is 0 Å². The fourth-order valence-corrected chi connectivity index (χ4v) is 4.18. The first-order valence-corrected chi connectivity index (χ1v) is 9.42. The molecule has 0 radical (unpaired) electrons. The molecule has 0 spiro atoms. The number of alkyl halides is 3. The normalized spacial score (nSPS) is 19.7. The molecule has 138 valence electrons. The van der Waals surface area contributed by atoms with Gasteiger partial charge in [0.1, 0.15) is 0 Å². The number of benzene rings is 2. The van der Waals surface area contributed by atoms with Gasteiger partial charge in [-0.25, -0.2) is 0 Å². The number of nitrogens with one attached hydrogen (secondary N) is 1. The van der Waals surface area contributed by atoms with E-state index in [-0.39, 0.29) is 34.2 Å². The van der Waals surface area contributed by atoms with Crippen LogP contribution in [-0.4, -0.2) is 17.5 Å². The van der Waals surface area contributed by atoms with E-state index in [0.29, 0.717) is 10.0 Å². The third kappa shape index (κ3) is 4.48. The van der Waals surface area contributed by atoms with E-state index in [4.69, 9.17) is 23.2 Å². The molecular weight excluding hydrogens is 406 g/mol. The van der Waals surface area contributed by atoms with Gasteiger partial charge in [-0.2, -0.15) is 13.2 Å². The summed E-state index contributed by atoms with van der Waals surface area (Å²) < 4.78 is 38.1. The lowest BCUT2D eigenvalue weighted by Gasteiger charge is -2.38. The second-order valence-electron chi connectivity index (χ2n) is 5.97. The van der Waals surface area contributed by atoms with Gasteiger partial charge in [0.15, 0.2) is 0 Å². The summed E-state index contributed by atoms with van der Waals surface area (Å²) in [5, 5.41) is 3.89. The van der Waals surface area contributed by atoms with Crippen LogP contribution in [0.5, 0.6) is 0 Å². The van der Waals surface area contributed by atoms with Crippen LogP contribution in [0.25, 0.3) is 0 Å². The van der Waals surface area contributed by atoms with E-state index >= 15 is 0 Å². The highest BCUT2D eigenvalue weighted by Gasteiger charge is 2.36. The average Bonchev–Trinajstić information content (AvgIpc) is 2.53. The summed E-state index contributed by atoms with van der Waals surface area (Å²) in [4.78, 5) is 12.4. The van der Waals surface area contributed by atoms with Gasteiger partial charge in [-0.05, 0) is 54.4 Å². The third-order valence-electron chi connectivity index (χ3n) is 4.31. The molecule has 1 aliphatic rings. The number of hydrogen-bond donors (Lipinski definition) is 1. The van der Waals surface area contributed by atoms with Gasteiger partial charge in [0.05, 0.1) is 5.56 Å². The number of amides is 1. The van der Waals surface area contributed by atoms with Crippen molar-refractivity contribution in [2.24, 2.45) is 0 Å². The van der Waals surface area contributed by atoms with Crippen molar-refractivity contribution in [2.75, 3.05) is 0 Å². The molecule has 1 aliphatic carbocycles. The van der Waals surface area contributed by atoms with Crippen LogP contribution in [-0.2, 0) is 0 Å². The summed E-state index contributed by atoms with van der Waals surface area (Å²) in [6, 6.07) is 10.7. The van der Waals surface area contributed by atoms with Crippen LogP contribution in [0.3, 0.4) is 0 Å². The molecule has 2 aromatic carbocycles. The minimum atomic E-state index is -4.45. The van der Waals surface area contributed by atoms with E-state index < -0.39 is 11.4 Å². The molecule has 3 rings (SSSR count). The molecule has 0 heterocycles. The molecule has 0 aliphatic heterocycles. The van der Waals surface area contributed by atoms with Crippen LogP contribution in [0.2, 0.25) is 10.0 Å². The standard InChI is InChI=1S/C18H14Cl2F3NOS/c19-10-5-6-11(14(20)9-10)12-7-8-15(12)24-17(25)13-3-1-2-4-16(13)26-18(21,22)23/h1-6,9,12,15H,7-8H2,(H,24,25). The molecule has 1 N–H and O–H groups in total. The topological polar surface area (TPSA) is 29.1 Å². The number of thioether (sulfide) groups is 1. The zero-order valence-corrected chi connectivity index (χ0v) is 15.6. The molecule has 1 saturated carbocycles. The molecule has 0 bridgehead atoms. The zero-order valence-electron chi connectivity index (χ0n) is 13.3. The summed E-state index contributed by atoms with van der Waals surface area (Å²) in [7, 11) is 0. The van der Waals surface area contributed by atoms with Crippen LogP contribution in [0, 0.1) is 0 Å². The average molecular weight is 420 g/mol. The van der Waals surface area contributed by atoms with E-state index in [1.54, 1.807) is 18.2 Å². The lowest BCUT2D eigenvalue weighted by molar-refractivity contribution is -0.0328. The van der Waals surface area contributed by atoms with Gasteiger partial charge in [0, 0.05) is 26.9 Å². The summed E-state index contributed by atoms with van der Waals surface area (Å²) in [5.41, 5.74) is -3.56. The predicted octanol–water partition coefficient (Wildman–Crippen LogP) is 6.28. The Morgan fingerprint density at radius 1 is 1.12 bits per heavy atom. The second kappa shape index (κ2) is 7.71. The van der Waals surface area contributed by atoms with Crippen molar-refractivity contribution in [3.05, 3.63) is 63.6 Å². The highest BCUT2D eigenvalue weighted by Crippen LogP contribution is 2.42. The van der Waals surface area contributed by atoms with Crippen molar-refractivity contribution in [3.63, 3.8) is 0 Å². The van der Waals surface area contributed by atoms with E-state index in [1.165, 1.54) is 18.2 Å². The Balaban J connectivity index is 1.75. The van der Waals surface area contributed by atoms with Gasteiger partial charge in [-0.1, -0.05) is 41.4 Å². The molecule has 26 heavy (non-hydrogen) atoms. The van der Waals surface area contributed by atoms with E-state index in [1.807, 2.05) is 6.07 Å². The van der Waals surface area contributed by atoms with E-state index in [0.717, 1.165) is 18.4 Å². The number of halogens is 5. The number of carbonyl (C=O) groups excluding carboxylic acids is 1. The Kier molecular flexibility index (Phi) is 5.75. The third-order valence-corrected chi connectivity index (χ3v) is 5.68. The fourth-order valence-electron chi connectivity index (χ4n) is 2.96. The minimum Gasteiger partial charge on any atom is -0.349 e. The quantitative estimate of drug-likeness (QED) is 0.590. The van der Waals surface area contributed by atoms with Gasteiger partial charge in [0.2, 0.25) is 0 Å². The highest BCUT2D eigenvalue weighted by molar-refractivity contribution is 8.00. The molecule has 0 saturated heterocycles. The Bertz CT molecular complexity index is 828. The minimum absolute atomic E-state index is 0.0164. The molecule has 2 aromatic rings. The van der Waals surface area contributed by atoms with Crippen LogP contribution in [0.4, 0.5) is 13.2 Å². The molecule has 8 heteroatoms. The first kappa shape index (κ1) is 19.4. The van der Waals surface area contributed by atoms with Crippen LogP contribution in [0.1, 0.15) is 34.7 Å². The van der Waals surface area contributed by atoms with Crippen molar-refractivity contribution in [3.8, 4) is 0 Å². The maximum atomic E-state index is 12.7. The first-order valence-electron chi connectivity index (χ1n) is 7.85. The molecule has 2 atom stereocenters. The maximum absolute atomic E-state index is 12.7. The number of carbonyl (C=O) groups is 1. The largest absolute Gasteiger partial charge is 0.446 e. The van der Waals surface area contributed by atoms with Gasteiger partial charge in [0.25, 0.3) is 5.91 Å². The van der Waals surface area contributed by atoms with Gasteiger partial charge in [-0.3, -0.25) is 4.79 Å². The summed E-state index contributed by atoms with van der Waals surface area (Å²) in [5.74, 6) is -0.497.